The second-order valence-electron chi connectivity index (χ2n) is 6.76. The lowest BCUT2D eigenvalue weighted by Crippen LogP contribution is -2.42. The average molecular weight is 378 g/mol. The normalized spacial score (nSPS) is 25.8. The van der Waals surface area contributed by atoms with Gasteiger partial charge < -0.3 is 14.2 Å². The van der Waals surface area contributed by atoms with Crippen LogP contribution in [-0.2, 0) is 25.6 Å². The summed E-state index contributed by atoms with van der Waals surface area (Å²) < 4.78 is 16.1. The van der Waals surface area contributed by atoms with Crippen LogP contribution in [0.25, 0.3) is 0 Å². The quantitative estimate of drug-likeness (QED) is 0.760. The Kier molecular flexibility index (Phi) is 4.72. The highest BCUT2D eigenvalue weighted by molar-refractivity contribution is 5.87. The van der Waals surface area contributed by atoms with Gasteiger partial charge in [0, 0.05) is 12.0 Å². The molecule has 2 aromatic rings. The van der Waals surface area contributed by atoms with E-state index in [0.717, 1.165) is 11.1 Å². The summed E-state index contributed by atoms with van der Waals surface area (Å²) in [5.74, 6) is -0.454. The van der Waals surface area contributed by atoms with Crippen LogP contribution in [0.1, 0.15) is 23.8 Å². The van der Waals surface area contributed by atoms with Crippen molar-refractivity contribution < 1.29 is 23.8 Å². The Bertz CT molecular complexity index is 911. The molecule has 7 heteroatoms. The van der Waals surface area contributed by atoms with Crippen molar-refractivity contribution in [1.29, 1.82) is 5.26 Å². The summed E-state index contributed by atoms with van der Waals surface area (Å²) in [6, 6.07) is 20.5. The van der Waals surface area contributed by atoms with Crippen LogP contribution < -0.4 is 0 Å². The van der Waals surface area contributed by atoms with E-state index in [9.17, 15) is 14.9 Å². The summed E-state index contributed by atoms with van der Waals surface area (Å²) >= 11 is 0. The fourth-order valence-corrected chi connectivity index (χ4v) is 3.57. The number of carbonyl (C=O) groups excluding carboxylic acids is 2. The number of hydrogen-bond acceptors (Lipinski definition) is 6. The maximum absolute atomic E-state index is 12.9. The second kappa shape index (κ2) is 7.33. The molecule has 28 heavy (non-hydrogen) atoms. The summed E-state index contributed by atoms with van der Waals surface area (Å²) in [5, 5.41) is 9.72. The van der Waals surface area contributed by atoms with E-state index in [4.69, 9.17) is 14.2 Å². The fourth-order valence-electron chi connectivity index (χ4n) is 3.57. The summed E-state index contributed by atoms with van der Waals surface area (Å²) in [5.41, 5.74) is 0.422. The molecule has 2 aliphatic heterocycles. The zero-order chi connectivity index (χ0) is 19.6. The van der Waals surface area contributed by atoms with Gasteiger partial charge >= 0.3 is 6.16 Å². The Morgan fingerprint density at radius 3 is 2.54 bits per heavy atom. The molecule has 0 bridgehead atoms. The lowest BCUT2D eigenvalue weighted by molar-refractivity contribution is -0.142. The van der Waals surface area contributed by atoms with Gasteiger partial charge in [0.2, 0.25) is 0 Å². The highest BCUT2D eigenvalue weighted by atomic mass is 16.7. The van der Waals surface area contributed by atoms with Crippen LogP contribution in [0.15, 0.2) is 60.7 Å². The van der Waals surface area contributed by atoms with Gasteiger partial charge in [0.1, 0.15) is 6.61 Å². The van der Waals surface area contributed by atoms with Crippen molar-refractivity contribution >= 4 is 12.1 Å². The van der Waals surface area contributed by atoms with Crippen molar-refractivity contribution in [3.05, 3.63) is 71.8 Å². The molecule has 0 spiro atoms. The Morgan fingerprint density at radius 2 is 1.86 bits per heavy atom. The maximum Gasteiger partial charge on any atom is 0.509 e. The minimum atomic E-state index is -1.15. The van der Waals surface area contributed by atoms with Gasteiger partial charge in [-0.05, 0) is 5.56 Å². The molecule has 1 amide bonds. The minimum absolute atomic E-state index is 0.0451. The third kappa shape index (κ3) is 3.19. The van der Waals surface area contributed by atoms with Crippen molar-refractivity contribution in [3.63, 3.8) is 0 Å². The molecular formula is C21H18N2O5. The lowest BCUT2D eigenvalue weighted by Gasteiger charge is -2.26. The van der Waals surface area contributed by atoms with Gasteiger partial charge in [-0.15, -0.1) is 0 Å². The van der Waals surface area contributed by atoms with E-state index in [1.54, 1.807) is 0 Å². The standard InChI is InChI=1S/C21H18N2O5/c22-13-21-11-17(28-20(25)26-12-15-7-3-1-4-8-15)18(24)23(21)19(27-14-21)16-9-5-2-6-10-16/h1-10,17,19H,11-12,14H2/t17-,19+,21+/m0/s1. The van der Waals surface area contributed by atoms with E-state index in [-0.39, 0.29) is 19.6 Å². The van der Waals surface area contributed by atoms with Crippen molar-refractivity contribution in [3.8, 4) is 6.07 Å². The predicted molar refractivity (Wildman–Crippen MR) is 96.4 cm³/mol. The molecule has 2 aliphatic rings. The molecule has 0 saturated carbocycles. The van der Waals surface area contributed by atoms with Crippen molar-refractivity contribution in [1.82, 2.24) is 4.90 Å². The monoisotopic (exact) mass is 378 g/mol. The molecule has 0 N–H and O–H groups in total. The van der Waals surface area contributed by atoms with Gasteiger partial charge in [0.25, 0.3) is 5.91 Å². The SMILES string of the molecule is N#C[C@]12CO[C@H](c3ccccc3)N1C(=O)[C@@H](OC(=O)OCc1ccccc1)C2. The van der Waals surface area contributed by atoms with Crippen molar-refractivity contribution in [2.75, 3.05) is 6.61 Å². The van der Waals surface area contributed by atoms with Crippen LogP contribution in [0, 0.1) is 11.3 Å². The molecule has 3 atom stereocenters. The lowest BCUT2D eigenvalue weighted by atomic mass is 9.99. The van der Waals surface area contributed by atoms with Crippen LogP contribution in [-0.4, -0.2) is 35.2 Å². The topological polar surface area (TPSA) is 88.9 Å². The zero-order valence-electron chi connectivity index (χ0n) is 15.0. The number of amides is 1. The fraction of sp³-hybridized carbons (Fsp3) is 0.286. The highest BCUT2D eigenvalue weighted by Gasteiger charge is 2.60. The molecule has 2 fully saturated rings. The van der Waals surface area contributed by atoms with Crippen LogP contribution >= 0.6 is 0 Å². The highest BCUT2D eigenvalue weighted by Crippen LogP contribution is 2.45. The first-order chi connectivity index (χ1) is 13.6. The molecule has 4 rings (SSSR count). The van der Waals surface area contributed by atoms with Crippen LogP contribution in [0.5, 0.6) is 0 Å². The van der Waals surface area contributed by atoms with Crippen LogP contribution in [0.2, 0.25) is 0 Å². The van der Waals surface area contributed by atoms with Crippen molar-refractivity contribution in [2.24, 2.45) is 0 Å². The Labute approximate surface area is 162 Å². The molecule has 2 saturated heterocycles. The molecule has 0 aromatic heterocycles. The molecule has 0 aliphatic carbocycles. The third-order valence-electron chi connectivity index (χ3n) is 4.94. The van der Waals surface area contributed by atoms with E-state index in [0.29, 0.717) is 0 Å². The number of hydrogen-bond donors (Lipinski definition) is 0. The van der Waals surface area contributed by atoms with Crippen LogP contribution in [0.4, 0.5) is 4.79 Å². The zero-order valence-corrected chi connectivity index (χ0v) is 15.0. The maximum atomic E-state index is 12.9. The first-order valence-electron chi connectivity index (χ1n) is 8.91. The Balaban J connectivity index is 1.45. The van der Waals surface area contributed by atoms with Gasteiger partial charge in [0.05, 0.1) is 12.7 Å². The number of nitriles is 1. The number of carbonyl (C=O) groups is 2. The smallest absolute Gasteiger partial charge is 0.429 e. The number of rotatable bonds is 4. The average Bonchev–Trinajstić information content (AvgIpc) is 3.24. The van der Waals surface area contributed by atoms with Gasteiger partial charge in [-0.1, -0.05) is 60.7 Å². The predicted octanol–water partition coefficient (Wildman–Crippen LogP) is 2.93. The summed E-state index contributed by atoms with van der Waals surface area (Å²) in [6.45, 7) is 0.108. The molecule has 2 heterocycles. The number of benzene rings is 2. The van der Waals surface area contributed by atoms with Gasteiger partial charge in [-0.2, -0.15) is 5.26 Å². The summed E-state index contributed by atoms with van der Waals surface area (Å²) in [4.78, 5) is 26.3. The Morgan fingerprint density at radius 1 is 1.18 bits per heavy atom. The van der Waals surface area contributed by atoms with E-state index < -0.39 is 29.9 Å². The molecular weight excluding hydrogens is 360 g/mol. The molecule has 2 aromatic carbocycles. The number of ether oxygens (including phenoxy) is 3. The van der Waals surface area contributed by atoms with Crippen molar-refractivity contribution in [2.45, 2.75) is 30.9 Å². The van der Waals surface area contributed by atoms with E-state index in [1.165, 1.54) is 4.90 Å². The summed E-state index contributed by atoms with van der Waals surface area (Å²) in [7, 11) is 0. The molecule has 142 valence electrons. The van der Waals surface area contributed by atoms with E-state index in [1.807, 2.05) is 60.7 Å². The van der Waals surface area contributed by atoms with E-state index in [2.05, 4.69) is 6.07 Å². The van der Waals surface area contributed by atoms with Crippen LogP contribution in [0.3, 0.4) is 0 Å². The first kappa shape index (κ1) is 18.0. The van der Waals surface area contributed by atoms with E-state index >= 15 is 0 Å². The first-order valence-corrected chi connectivity index (χ1v) is 8.91. The number of fused-ring (bicyclic) bond motifs is 1. The van der Waals surface area contributed by atoms with Gasteiger partial charge in [0.15, 0.2) is 17.9 Å². The van der Waals surface area contributed by atoms with Gasteiger partial charge in [-0.25, -0.2) is 4.79 Å². The molecule has 7 nitrogen and oxygen atoms in total. The van der Waals surface area contributed by atoms with Gasteiger partial charge in [-0.3, -0.25) is 9.69 Å². The molecule has 0 radical (unpaired) electrons. The second-order valence-corrected chi connectivity index (χ2v) is 6.76. The largest absolute Gasteiger partial charge is 0.509 e. The minimum Gasteiger partial charge on any atom is -0.429 e. The Hall–Kier alpha value is -3.37. The number of nitrogens with zero attached hydrogens (tertiary/aromatic N) is 2. The third-order valence-corrected chi connectivity index (χ3v) is 4.94. The summed E-state index contributed by atoms with van der Waals surface area (Å²) in [6.07, 6.45) is -2.64. The molecule has 0 unspecified atom stereocenters.